The Morgan fingerprint density at radius 2 is 2.15 bits per heavy atom. The van der Waals surface area contributed by atoms with Crippen LogP contribution >= 0.6 is 0 Å². The number of anilines is 1. The van der Waals surface area contributed by atoms with Crippen molar-refractivity contribution in [2.75, 3.05) is 5.73 Å². The highest BCUT2D eigenvalue weighted by Crippen LogP contribution is 2.24. The van der Waals surface area contributed by atoms with Crippen LogP contribution in [0.4, 0.5) is 23.4 Å². The van der Waals surface area contributed by atoms with E-state index >= 15 is 0 Å². The van der Waals surface area contributed by atoms with Gasteiger partial charge in [0.1, 0.15) is 5.82 Å². The first kappa shape index (κ1) is 9.82. The van der Waals surface area contributed by atoms with E-state index in [9.17, 15) is 17.6 Å². The maximum Gasteiger partial charge on any atom is 0.324 e. The highest BCUT2D eigenvalue weighted by atomic mass is 19.3. The van der Waals surface area contributed by atoms with Gasteiger partial charge in [0.05, 0.1) is 12.9 Å². The predicted molar refractivity (Wildman–Crippen MR) is 37.6 cm³/mol. The van der Waals surface area contributed by atoms with Crippen molar-refractivity contribution in [3.05, 3.63) is 12.5 Å². The fourth-order valence-corrected chi connectivity index (χ4v) is 0.776. The largest absolute Gasteiger partial charge is 0.382 e. The molecular weight excluding hydrogens is 190 g/mol. The summed E-state index contributed by atoms with van der Waals surface area (Å²) >= 11 is 0. The van der Waals surface area contributed by atoms with Crippen molar-refractivity contribution >= 4 is 5.82 Å². The molecule has 1 rings (SSSR count). The molecule has 0 bridgehead atoms. The molecule has 74 valence electrons. The van der Waals surface area contributed by atoms with E-state index in [0.29, 0.717) is 0 Å². The van der Waals surface area contributed by atoms with E-state index in [1.54, 1.807) is 0 Å². The van der Waals surface area contributed by atoms with Crippen LogP contribution in [0.2, 0.25) is 0 Å². The van der Waals surface area contributed by atoms with Gasteiger partial charge in [0.25, 0.3) is 0 Å². The molecule has 0 saturated heterocycles. The quantitative estimate of drug-likeness (QED) is 0.743. The van der Waals surface area contributed by atoms with Crippen molar-refractivity contribution in [1.82, 2.24) is 9.55 Å². The van der Waals surface area contributed by atoms with E-state index in [1.807, 2.05) is 0 Å². The summed E-state index contributed by atoms with van der Waals surface area (Å²) in [6.07, 6.45) is -1.64. The van der Waals surface area contributed by atoms with Crippen LogP contribution in [0.3, 0.4) is 0 Å². The maximum absolute atomic E-state index is 12.4. The number of rotatable bonds is 3. The van der Waals surface area contributed by atoms with Crippen LogP contribution in [-0.4, -0.2) is 21.9 Å². The number of nitrogen functional groups attached to an aromatic ring is 1. The van der Waals surface area contributed by atoms with E-state index in [2.05, 4.69) is 4.98 Å². The lowest BCUT2D eigenvalue weighted by atomic mass is 10.3. The number of alkyl halides is 4. The maximum atomic E-state index is 12.4. The molecule has 0 spiro atoms. The molecule has 0 aromatic carbocycles. The van der Waals surface area contributed by atoms with Crippen LogP contribution in [-0.2, 0) is 6.54 Å². The number of aromatic nitrogens is 2. The van der Waals surface area contributed by atoms with E-state index < -0.39 is 18.9 Å². The van der Waals surface area contributed by atoms with Crippen molar-refractivity contribution in [2.24, 2.45) is 0 Å². The Kier molecular flexibility index (Phi) is 2.44. The molecule has 1 heterocycles. The van der Waals surface area contributed by atoms with Crippen molar-refractivity contribution in [2.45, 2.75) is 18.9 Å². The minimum Gasteiger partial charge on any atom is -0.382 e. The van der Waals surface area contributed by atoms with Crippen molar-refractivity contribution < 1.29 is 17.6 Å². The molecule has 0 aliphatic carbocycles. The summed E-state index contributed by atoms with van der Waals surface area (Å²) < 4.78 is 49.0. The SMILES string of the molecule is Nc1cn(CC(F)(F)C(F)F)cn1. The first-order chi connectivity index (χ1) is 5.92. The van der Waals surface area contributed by atoms with Crippen molar-refractivity contribution in [1.29, 1.82) is 0 Å². The molecule has 3 nitrogen and oxygen atoms in total. The zero-order valence-corrected chi connectivity index (χ0v) is 6.42. The highest BCUT2D eigenvalue weighted by Gasteiger charge is 2.40. The highest BCUT2D eigenvalue weighted by molar-refractivity contribution is 5.22. The molecule has 13 heavy (non-hydrogen) atoms. The molecule has 0 aliphatic rings. The van der Waals surface area contributed by atoms with Crippen LogP contribution < -0.4 is 5.73 Å². The summed E-state index contributed by atoms with van der Waals surface area (Å²) in [5, 5.41) is 0. The second-order valence-corrected chi connectivity index (χ2v) is 2.53. The summed E-state index contributed by atoms with van der Waals surface area (Å²) in [6.45, 7) is -1.12. The number of nitrogens with two attached hydrogens (primary N) is 1. The standard InChI is InChI=1S/C6H7F4N3/c7-5(8)6(9,10)2-13-1-4(11)12-3-13/h1,3,5H,2,11H2. The number of nitrogens with zero attached hydrogens (tertiary/aromatic N) is 2. The van der Waals surface area contributed by atoms with Gasteiger partial charge in [-0.05, 0) is 0 Å². The van der Waals surface area contributed by atoms with Crippen LogP contribution in [0.15, 0.2) is 12.5 Å². The van der Waals surface area contributed by atoms with Crippen LogP contribution in [0.1, 0.15) is 0 Å². The average Bonchev–Trinajstić information content (AvgIpc) is 2.34. The normalized spacial score (nSPS) is 12.4. The summed E-state index contributed by atoms with van der Waals surface area (Å²) in [5.41, 5.74) is 5.11. The summed E-state index contributed by atoms with van der Waals surface area (Å²) in [4.78, 5) is 3.42. The van der Waals surface area contributed by atoms with Gasteiger partial charge in [0.2, 0.25) is 0 Å². The average molecular weight is 197 g/mol. The Hall–Kier alpha value is -1.27. The zero-order chi connectivity index (χ0) is 10.1. The lowest BCUT2D eigenvalue weighted by Gasteiger charge is -2.14. The molecular formula is C6H7F4N3. The minimum absolute atomic E-state index is 0.0186. The van der Waals surface area contributed by atoms with Gasteiger partial charge in [-0.2, -0.15) is 8.78 Å². The molecule has 1 aromatic rings. The molecule has 7 heteroatoms. The Morgan fingerprint density at radius 1 is 1.54 bits per heavy atom. The number of imidazole rings is 1. The third-order valence-electron chi connectivity index (χ3n) is 1.37. The van der Waals surface area contributed by atoms with E-state index in [4.69, 9.17) is 5.73 Å². The van der Waals surface area contributed by atoms with E-state index in [1.165, 1.54) is 0 Å². The second kappa shape index (κ2) is 3.23. The molecule has 0 saturated carbocycles. The van der Waals surface area contributed by atoms with Gasteiger partial charge in [-0.25, -0.2) is 13.8 Å². The lowest BCUT2D eigenvalue weighted by Crippen LogP contribution is -2.31. The molecule has 0 fully saturated rings. The van der Waals surface area contributed by atoms with Gasteiger partial charge in [0, 0.05) is 6.20 Å². The Morgan fingerprint density at radius 3 is 2.54 bits per heavy atom. The second-order valence-electron chi connectivity index (χ2n) is 2.53. The van der Waals surface area contributed by atoms with E-state index in [0.717, 1.165) is 17.1 Å². The van der Waals surface area contributed by atoms with Gasteiger partial charge >= 0.3 is 12.3 Å². The van der Waals surface area contributed by atoms with Crippen LogP contribution in [0, 0.1) is 0 Å². The smallest absolute Gasteiger partial charge is 0.324 e. The Balaban J connectivity index is 2.68. The van der Waals surface area contributed by atoms with Gasteiger partial charge in [0.15, 0.2) is 0 Å². The van der Waals surface area contributed by atoms with Crippen molar-refractivity contribution in [3.63, 3.8) is 0 Å². The topological polar surface area (TPSA) is 43.8 Å². The predicted octanol–water partition coefficient (Wildman–Crippen LogP) is 1.37. The zero-order valence-electron chi connectivity index (χ0n) is 6.42. The summed E-state index contributed by atoms with van der Waals surface area (Å²) in [7, 11) is 0. The van der Waals surface area contributed by atoms with Gasteiger partial charge in [-0.3, -0.25) is 0 Å². The van der Waals surface area contributed by atoms with Crippen molar-refractivity contribution in [3.8, 4) is 0 Å². The molecule has 0 atom stereocenters. The Labute approximate surface area is 71.2 Å². The summed E-state index contributed by atoms with van der Waals surface area (Å²) in [6, 6.07) is 0. The first-order valence-corrected chi connectivity index (χ1v) is 3.35. The lowest BCUT2D eigenvalue weighted by molar-refractivity contribution is -0.137. The third kappa shape index (κ3) is 2.33. The fraction of sp³-hybridized carbons (Fsp3) is 0.500. The minimum atomic E-state index is -4.05. The number of hydrogen-bond acceptors (Lipinski definition) is 2. The van der Waals surface area contributed by atoms with Crippen LogP contribution in [0.5, 0.6) is 0 Å². The number of halogens is 4. The molecule has 0 radical (unpaired) electrons. The van der Waals surface area contributed by atoms with Gasteiger partial charge in [-0.1, -0.05) is 0 Å². The first-order valence-electron chi connectivity index (χ1n) is 3.35. The molecule has 1 aromatic heterocycles. The Bertz CT molecular complexity index is 283. The molecule has 0 amide bonds. The molecule has 0 unspecified atom stereocenters. The molecule has 2 N–H and O–H groups in total. The van der Waals surface area contributed by atoms with E-state index in [-0.39, 0.29) is 5.82 Å². The number of hydrogen-bond donors (Lipinski definition) is 1. The van der Waals surface area contributed by atoms with Gasteiger partial charge in [-0.15, -0.1) is 0 Å². The third-order valence-corrected chi connectivity index (χ3v) is 1.37. The summed E-state index contributed by atoms with van der Waals surface area (Å²) in [5.74, 6) is -4.03. The van der Waals surface area contributed by atoms with Crippen LogP contribution in [0.25, 0.3) is 0 Å². The molecule has 0 aliphatic heterocycles. The van der Waals surface area contributed by atoms with Gasteiger partial charge < -0.3 is 10.3 Å². The monoisotopic (exact) mass is 197 g/mol. The fourth-order valence-electron chi connectivity index (χ4n) is 0.776.